The van der Waals surface area contributed by atoms with Gasteiger partial charge in [0.15, 0.2) is 0 Å². The summed E-state index contributed by atoms with van der Waals surface area (Å²) < 4.78 is 32.7. The Hall–Kier alpha value is -5.12. The molecule has 5 aromatic carbocycles. The summed E-state index contributed by atoms with van der Waals surface area (Å²) in [4.78, 5) is 8.93. The molecule has 1 aliphatic heterocycles. The van der Waals surface area contributed by atoms with Gasteiger partial charge in [-0.05, 0) is 82.5 Å². The molecule has 270 valence electrons. The predicted molar refractivity (Wildman–Crippen MR) is 215 cm³/mol. The van der Waals surface area contributed by atoms with Crippen LogP contribution in [0.2, 0.25) is 0 Å². The number of fused-ring (bicyclic) bond motifs is 3. The molecular weight excluding hydrogens is 832 g/mol. The van der Waals surface area contributed by atoms with Crippen molar-refractivity contribution in [1.29, 1.82) is 0 Å². The number of nitrogens with zero attached hydrogens (tertiary/aromatic N) is 4. The van der Waals surface area contributed by atoms with Gasteiger partial charge in [-0.3, -0.25) is 0 Å². The Balaban J connectivity index is 0.00000480. The fourth-order valence-electron chi connectivity index (χ4n) is 6.71. The van der Waals surface area contributed by atoms with Crippen molar-refractivity contribution in [2.45, 2.75) is 59.2 Å². The van der Waals surface area contributed by atoms with Crippen LogP contribution in [0.5, 0.6) is 11.5 Å². The van der Waals surface area contributed by atoms with Crippen molar-refractivity contribution in [1.82, 2.24) is 9.55 Å². The zero-order valence-corrected chi connectivity index (χ0v) is 33.0. The van der Waals surface area contributed by atoms with Gasteiger partial charge in [0.25, 0.3) is 0 Å². The summed E-state index contributed by atoms with van der Waals surface area (Å²) in [6, 6.07) is 43.2. The van der Waals surface area contributed by atoms with E-state index in [2.05, 4.69) is 120 Å². The van der Waals surface area contributed by atoms with Crippen molar-refractivity contribution in [3.05, 3.63) is 163 Å². The molecule has 2 aromatic heterocycles. The van der Waals surface area contributed by atoms with E-state index >= 15 is 0 Å². The fourth-order valence-corrected chi connectivity index (χ4v) is 6.71. The summed E-state index contributed by atoms with van der Waals surface area (Å²) in [7, 11) is 0. The van der Waals surface area contributed by atoms with E-state index < -0.39 is 6.85 Å². The summed E-state index contributed by atoms with van der Waals surface area (Å²) in [5, 5.41) is 1.67. The number of anilines is 2. The first kappa shape index (κ1) is 32.5. The monoisotopic (exact) mass is 877 g/mol. The summed E-state index contributed by atoms with van der Waals surface area (Å²) in [6.45, 7) is 13.0. The molecule has 0 saturated heterocycles. The number of aryl methyl sites for hydroxylation is 1. The van der Waals surface area contributed by atoms with Gasteiger partial charge in [0.2, 0.25) is 0 Å². The second-order valence-corrected chi connectivity index (χ2v) is 15.4. The number of hydrogen-bond donors (Lipinski definition) is 0. The van der Waals surface area contributed by atoms with Crippen LogP contribution in [0, 0.1) is 25.7 Å². The molecule has 0 N–H and O–H groups in total. The minimum absolute atomic E-state index is 0. The van der Waals surface area contributed by atoms with Gasteiger partial charge in [-0.2, -0.15) is 12.1 Å². The molecule has 0 saturated carbocycles. The molecule has 0 bridgehead atoms. The zero-order valence-electron chi connectivity index (χ0n) is 33.7. The maximum atomic E-state index is 8.06. The summed E-state index contributed by atoms with van der Waals surface area (Å²) in [6.07, 6.45) is 5.89. The van der Waals surface area contributed by atoms with Crippen molar-refractivity contribution in [3.8, 4) is 28.4 Å². The fraction of sp³-hybridized carbons (Fsp3) is 0.191. The van der Waals surface area contributed by atoms with Crippen LogP contribution in [-0.4, -0.2) is 9.55 Å². The average molecular weight is 878 g/mol. The number of rotatable bonds is 6. The molecule has 5 nitrogen and oxygen atoms in total. The predicted octanol–water partition coefficient (Wildman–Crippen LogP) is 12.1. The number of aromatic nitrogens is 2. The molecule has 7 aromatic rings. The third-order valence-corrected chi connectivity index (χ3v) is 9.60. The Morgan fingerprint density at radius 1 is 0.698 bits per heavy atom. The third-order valence-electron chi connectivity index (χ3n) is 9.60. The van der Waals surface area contributed by atoms with Gasteiger partial charge < -0.3 is 19.1 Å². The molecule has 6 heteroatoms. The van der Waals surface area contributed by atoms with Crippen LogP contribution < -0.4 is 14.5 Å². The third kappa shape index (κ3) is 7.15. The molecule has 0 atom stereocenters. The van der Waals surface area contributed by atoms with Crippen molar-refractivity contribution >= 4 is 33.2 Å². The molecule has 8 rings (SSSR count). The summed E-state index contributed by atoms with van der Waals surface area (Å²) in [5.41, 5.74) is 8.42. The van der Waals surface area contributed by atoms with Crippen LogP contribution >= 0.6 is 0 Å². The minimum atomic E-state index is -2.24. The van der Waals surface area contributed by atoms with Crippen LogP contribution in [0.1, 0.15) is 62.3 Å². The first-order chi connectivity index (χ1) is 26.1. The Morgan fingerprint density at radius 2 is 1.45 bits per heavy atom. The van der Waals surface area contributed by atoms with E-state index in [0.717, 1.165) is 55.7 Å². The minimum Gasteiger partial charge on any atom is -0.509 e. The molecule has 0 aliphatic carbocycles. The van der Waals surface area contributed by atoms with E-state index in [9.17, 15) is 0 Å². The number of pyridine rings is 1. The number of benzene rings is 5. The van der Waals surface area contributed by atoms with Crippen LogP contribution in [0.4, 0.5) is 11.4 Å². The van der Waals surface area contributed by atoms with Crippen molar-refractivity contribution in [2.24, 2.45) is 0 Å². The van der Waals surface area contributed by atoms with Crippen LogP contribution in [0.15, 0.2) is 128 Å². The van der Waals surface area contributed by atoms with E-state index in [0.29, 0.717) is 11.5 Å². The van der Waals surface area contributed by atoms with E-state index in [1.807, 2.05) is 70.4 Å². The first-order valence-corrected chi connectivity index (χ1v) is 17.6. The zero-order chi connectivity index (χ0) is 38.7. The Bertz CT molecular complexity index is 2580. The molecule has 53 heavy (non-hydrogen) atoms. The smallest absolute Gasteiger partial charge is 0.135 e. The van der Waals surface area contributed by atoms with Crippen molar-refractivity contribution in [2.75, 3.05) is 9.80 Å². The maximum absolute atomic E-state index is 8.06. The van der Waals surface area contributed by atoms with Gasteiger partial charge in [-0.15, -0.1) is 48.1 Å². The van der Waals surface area contributed by atoms with Crippen LogP contribution in [0.25, 0.3) is 38.8 Å². The molecule has 0 amide bonds. The Kier molecular flexibility index (Phi) is 8.61. The molecule has 0 fully saturated rings. The molecule has 0 radical (unpaired) electrons. The molecule has 3 heterocycles. The Labute approximate surface area is 332 Å². The van der Waals surface area contributed by atoms with Gasteiger partial charge in [0.05, 0.1) is 0 Å². The van der Waals surface area contributed by atoms with Gasteiger partial charge >= 0.3 is 0 Å². The average Bonchev–Trinajstić information content (AvgIpc) is 3.77. The number of ether oxygens (including phenoxy) is 1. The summed E-state index contributed by atoms with van der Waals surface area (Å²) >= 11 is 0. The second-order valence-electron chi connectivity index (χ2n) is 15.4. The first-order valence-electron chi connectivity index (χ1n) is 19.1. The van der Waals surface area contributed by atoms with E-state index in [1.165, 1.54) is 5.56 Å². The van der Waals surface area contributed by atoms with Gasteiger partial charge in [0, 0.05) is 59.6 Å². The van der Waals surface area contributed by atoms with Gasteiger partial charge in [-0.25, -0.2) is 4.98 Å². The Morgan fingerprint density at radius 3 is 2.23 bits per heavy atom. The van der Waals surface area contributed by atoms with Crippen molar-refractivity contribution < 1.29 is 29.9 Å². The van der Waals surface area contributed by atoms with E-state index in [4.69, 9.17) is 13.8 Å². The van der Waals surface area contributed by atoms with Crippen LogP contribution in [0.3, 0.4) is 0 Å². The standard InChI is InChI=1S/C47H43N4O.Pt/c1-32-16-20-43-41(26-32)39-19-18-38(30-44(39)51(43)45-28-35(22-23-48-45)47(5,6)7)52-37-15-11-14-36(29-37)49-24-25-50(31-49)42-21-17-34(46(2,3)4)27-40(42)33-12-9-8-10-13-33;/h8-28,31H,1-7H3;/q-3;/i1D3;. The molecular formula is C47H43N4OPt-3. The largest absolute Gasteiger partial charge is 0.509 e. The van der Waals surface area contributed by atoms with Crippen LogP contribution in [-0.2, 0) is 31.9 Å². The van der Waals surface area contributed by atoms with Gasteiger partial charge in [0.1, 0.15) is 5.82 Å². The quantitative estimate of drug-likeness (QED) is 0.156. The second kappa shape index (κ2) is 14.0. The topological polar surface area (TPSA) is 33.5 Å². The normalized spacial score (nSPS) is 14.3. The summed E-state index contributed by atoms with van der Waals surface area (Å²) in [5.74, 6) is 1.76. The molecule has 0 unspecified atom stereocenters. The van der Waals surface area contributed by atoms with Gasteiger partial charge in [-0.1, -0.05) is 101 Å². The van der Waals surface area contributed by atoms with Crippen molar-refractivity contribution in [3.63, 3.8) is 0 Å². The van der Waals surface area contributed by atoms with E-state index in [-0.39, 0.29) is 37.5 Å². The van der Waals surface area contributed by atoms with E-state index in [1.54, 1.807) is 12.1 Å². The molecule has 0 spiro atoms. The SMILES string of the molecule is [2H]C([2H])([2H])c1ccc2c(c1)c1ccc(Oc3[c-]c(N4C=CN(c5ccc(C(C)(C)C)cc5-c5ccccc5)[CH-]4)ccc3)[c-]c1n2-c1cc(C(C)(C)C)ccn1.[Pt]. The number of hydrogen-bond acceptors (Lipinski definition) is 4. The molecule has 1 aliphatic rings. The maximum Gasteiger partial charge on any atom is 0.135 e.